The molecule has 0 spiro atoms. The fourth-order valence-electron chi connectivity index (χ4n) is 1.82. The summed E-state index contributed by atoms with van der Waals surface area (Å²) in [5.41, 5.74) is 5.35. The van der Waals surface area contributed by atoms with Crippen LogP contribution in [0.2, 0.25) is 0 Å². The van der Waals surface area contributed by atoms with Gasteiger partial charge in [0, 0.05) is 18.4 Å². The van der Waals surface area contributed by atoms with Crippen molar-refractivity contribution in [3.8, 4) is 0 Å². The van der Waals surface area contributed by atoms with Gasteiger partial charge in [0.1, 0.15) is 0 Å². The molecule has 1 aromatic rings. The molecule has 0 aliphatic carbocycles. The van der Waals surface area contributed by atoms with Crippen molar-refractivity contribution in [1.82, 2.24) is 4.98 Å². The zero-order chi connectivity index (χ0) is 14.8. The van der Waals surface area contributed by atoms with Crippen LogP contribution in [0.4, 0.5) is 13.2 Å². The number of rotatable bonds is 3. The van der Waals surface area contributed by atoms with Crippen LogP contribution in [0, 0.1) is 11.3 Å². The Balaban J connectivity index is 2.98. The lowest BCUT2D eigenvalue weighted by Gasteiger charge is -2.30. The van der Waals surface area contributed by atoms with Crippen molar-refractivity contribution in [2.24, 2.45) is 17.1 Å². The molecule has 0 saturated heterocycles. The fraction of sp³-hybridized carbons (Fsp3) is 0.643. The molecule has 0 aliphatic rings. The van der Waals surface area contributed by atoms with Crippen molar-refractivity contribution in [2.75, 3.05) is 0 Å². The summed E-state index contributed by atoms with van der Waals surface area (Å²) in [6.45, 7) is 8.17. The molecule has 2 atom stereocenters. The predicted octanol–water partition coefficient (Wildman–Crippen LogP) is 4.17. The third-order valence-electron chi connectivity index (χ3n) is 3.64. The largest absolute Gasteiger partial charge is 0.416 e. The van der Waals surface area contributed by atoms with Crippen molar-refractivity contribution in [3.63, 3.8) is 0 Å². The van der Waals surface area contributed by atoms with Gasteiger partial charge in [-0.25, -0.2) is 0 Å². The average molecular weight is 274 g/mol. The van der Waals surface area contributed by atoms with Crippen LogP contribution in [-0.4, -0.2) is 4.98 Å². The van der Waals surface area contributed by atoms with E-state index >= 15 is 0 Å². The van der Waals surface area contributed by atoms with E-state index in [9.17, 15) is 13.2 Å². The Kier molecular flexibility index (Phi) is 4.61. The summed E-state index contributed by atoms with van der Waals surface area (Å²) < 4.78 is 38.7. The maximum Gasteiger partial charge on any atom is 0.416 e. The molecule has 108 valence electrons. The van der Waals surface area contributed by atoms with Crippen LogP contribution in [0.15, 0.2) is 18.5 Å². The van der Waals surface area contributed by atoms with Crippen molar-refractivity contribution in [2.45, 2.75) is 46.3 Å². The summed E-state index contributed by atoms with van der Waals surface area (Å²) in [4.78, 5) is 3.77. The summed E-state index contributed by atoms with van der Waals surface area (Å²) in [6, 6.07) is 0.330. The molecule has 0 aliphatic heterocycles. The molecule has 0 amide bonds. The number of hydrogen-bond acceptors (Lipinski definition) is 2. The molecule has 0 aromatic carbocycles. The highest BCUT2D eigenvalue weighted by atomic mass is 19.4. The van der Waals surface area contributed by atoms with Crippen molar-refractivity contribution >= 4 is 0 Å². The van der Waals surface area contributed by atoms with Gasteiger partial charge in [0.2, 0.25) is 0 Å². The van der Waals surface area contributed by atoms with Gasteiger partial charge in [-0.15, -0.1) is 0 Å². The van der Waals surface area contributed by atoms with Gasteiger partial charge in [-0.05, 0) is 29.4 Å². The zero-order valence-electron chi connectivity index (χ0n) is 11.8. The first-order chi connectivity index (χ1) is 8.53. The van der Waals surface area contributed by atoms with E-state index in [-0.39, 0.29) is 16.9 Å². The van der Waals surface area contributed by atoms with E-state index in [1.165, 1.54) is 6.20 Å². The minimum Gasteiger partial charge on any atom is -0.324 e. The number of pyridine rings is 1. The molecule has 5 heteroatoms. The lowest BCUT2D eigenvalue weighted by atomic mass is 9.77. The van der Waals surface area contributed by atoms with Gasteiger partial charge in [0.05, 0.1) is 5.56 Å². The first kappa shape index (κ1) is 16.0. The molecule has 1 aromatic heterocycles. The molecular weight excluding hydrogens is 253 g/mol. The predicted molar refractivity (Wildman–Crippen MR) is 69.4 cm³/mol. The van der Waals surface area contributed by atoms with Crippen LogP contribution in [-0.2, 0) is 6.18 Å². The Morgan fingerprint density at radius 1 is 1.26 bits per heavy atom. The smallest absolute Gasteiger partial charge is 0.324 e. The molecule has 19 heavy (non-hydrogen) atoms. The maximum atomic E-state index is 12.9. The van der Waals surface area contributed by atoms with Crippen LogP contribution in [0.3, 0.4) is 0 Å². The van der Waals surface area contributed by atoms with Crippen molar-refractivity contribution in [3.05, 3.63) is 29.6 Å². The van der Waals surface area contributed by atoms with Gasteiger partial charge in [0.15, 0.2) is 0 Å². The second-order valence-corrected chi connectivity index (χ2v) is 6.07. The summed E-state index contributed by atoms with van der Waals surface area (Å²) in [7, 11) is 0. The van der Waals surface area contributed by atoms with E-state index in [1.807, 2.05) is 6.92 Å². The number of nitrogens with two attached hydrogens (primary N) is 1. The van der Waals surface area contributed by atoms with Crippen LogP contribution >= 0.6 is 0 Å². The third-order valence-corrected chi connectivity index (χ3v) is 3.64. The van der Waals surface area contributed by atoms with E-state index in [2.05, 4.69) is 25.8 Å². The van der Waals surface area contributed by atoms with Gasteiger partial charge in [-0.2, -0.15) is 13.2 Å². The minimum atomic E-state index is -4.39. The Labute approximate surface area is 112 Å². The van der Waals surface area contributed by atoms with Gasteiger partial charge in [-0.3, -0.25) is 4.98 Å². The van der Waals surface area contributed by atoms with E-state index < -0.39 is 17.8 Å². The first-order valence-corrected chi connectivity index (χ1v) is 6.30. The lowest BCUT2D eigenvalue weighted by Crippen LogP contribution is -2.25. The molecule has 2 unspecified atom stereocenters. The first-order valence-electron chi connectivity index (χ1n) is 6.30. The highest BCUT2D eigenvalue weighted by Crippen LogP contribution is 2.37. The maximum absolute atomic E-state index is 12.9. The quantitative estimate of drug-likeness (QED) is 0.898. The summed E-state index contributed by atoms with van der Waals surface area (Å²) in [6.07, 6.45) is -1.52. The fourth-order valence-corrected chi connectivity index (χ4v) is 1.82. The number of nitrogens with zero attached hydrogens (tertiary/aromatic N) is 1. The van der Waals surface area contributed by atoms with Crippen molar-refractivity contribution < 1.29 is 13.2 Å². The summed E-state index contributed by atoms with van der Waals surface area (Å²) in [5, 5.41) is 0. The van der Waals surface area contributed by atoms with E-state index in [0.29, 0.717) is 6.42 Å². The molecule has 0 saturated carbocycles. The summed E-state index contributed by atoms with van der Waals surface area (Å²) in [5.74, 6) is 0.212. The Morgan fingerprint density at radius 2 is 1.84 bits per heavy atom. The van der Waals surface area contributed by atoms with Gasteiger partial charge >= 0.3 is 6.18 Å². The van der Waals surface area contributed by atoms with Crippen LogP contribution in [0.25, 0.3) is 0 Å². The molecule has 2 N–H and O–H groups in total. The molecule has 0 radical (unpaired) electrons. The van der Waals surface area contributed by atoms with Crippen LogP contribution in [0.1, 0.15) is 51.3 Å². The van der Waals surface area contributed by atoms with Crippen LogP contribution in [0.5, 0.6) is 0 Å². The number of aromatic nitrogens is 1. The lowest BCUT2D eigenvalue weighted by molar-refractivity contribution is -0.138. The molecule has 1 rings (SSSR count). The Morgan fingerprint density at radius 3 is 2.32 bits per heavy atom. The highest BCUT2D eigenvalue weighted by molar-refractivity contribution is 5.29. The normalized spacial score (nSPS) is 16.2. The average Bonchev–Trinajstić information content (AvgIpc) is 2.26. The zero-order valence-corrected chi connectivity index (χ0v) is 11.8. The molecule has 1 heterocycles. The van der Waals surface area contributed by atoms with E-state index in [1.54, 1.807) is 0 Å². The number of alkyl halides is 3. The Hall–Kier alpha value is -1.10. The third kappa shape index (κ3) is 4.20. The van der Waals surface area contributed by atoms with Crippen molar-refractivity contribution in [1.29, 1.82) is 0 Å². The molecule has 2 nitrogen and oxygen atoms in total. The second-order valence-electron chi connectivity index (χ2n) is 6.07. The number of halogens is 3. The monoisotopic (exact) mass is 274 g/mol. The summed E-state index contributed by atoms with van der Waals surface area (Å²) >= 11 is 0. The molecular formula is C14H21F3N2. The Bertz CT molecular complexity index is 421. The minimum absolute atomic E-state index is 0.0121. The molecule has 0 bridgehead atoms. The van der Waals surface area contributed by atoms with E-state index in [0.717, 1.165) is 12.3 Å². The SMILES string of the molecule is CC(CC(N)c1cnccc1C(F)(F)F)C(C)(C)C. The molecule has 0 fully saturated rings. The highest BCUT2D eigenvalue weighted by Gasteiger charge is 2.35. The number of hydrogen-bond donors (Lipinski definition) is 1. The standard InChI is InChI=1S/C14H21F3N2/c1-9(13(2,3)4)7-12(18)10-8-19-6-5-11(10)14(15,16)17/h5-6,8-9,12H,7,18H2,1-4H3. The topological polar surface area (TPSA) is 38.9 Å². The van der Waals surface area contributed by atoms with Gasteiger partial charge in [0.25, 0.3) is 0 Å². The second kappa shape index (κ2) is 5.49. The van der Waals surface area contributed by atoms with E-state index in [4.69, 9.17) is 5.73 Å². The van der Waals surface area contributed by atoms with Gasteiger partial charge < -0.3 is 5.73 Å². The van der Waals surface area contributed by atoms with Crippen LogP contribution < -0.4 is 5.73 Å². The van der Waals surface area contributed by atoms with Gasteiger partial charge in [-0.1, -0.05) is 27.7 Å².